The number of aryl methyl sites for hydroxylation is 1. The molecule has 0 bridgehead atoms. The zero-order valence-corrected chi connectivity index (χ0v) is 15.9. The maximum atomic E-state index is 9.58. The van der Waals surface area contributed by atoms with Gasteiger partial charge >= 0.3 is 0 Å². The molecule has 0 unspecified atom stereocenters. The number of hydrogen-bond donors (Lipinski definition) is 0. The van der Waals surface area contributed by atoms with E-state index in [1.165, 1.54) is 0 Å². The van der Waals surface area contributed by atoms with Crippen LogP contribution in [-0.4, -0.2) is 16.2 Å². The quantitative estimate of drug-likeness (QED) is 0.618. The summed E-state index contributed by atoms with van der Waals surface area (Å²) in [7, 11) is 2.01. The van der Waals surface area contributed by atoms with E-state index in [2.05, 4.69) is 36.4 Å². The highest BCUT2D eigenvalue weighted by Gasteiger charge is 2.12. The molecule has 0 aliphatic heterocycles. The minimum absolute atomic E-state index is 0.462. The molecule has 4 heteroatoms. The van der Waals surface area contributed by atoms with Crippen LogP contribution in [0.2, 0.25) is 0 Å². The molecule has 2 aromatic heterocycles. The van der Waals surface area contributed by atoms with Crippen LogP contribution in [0.1, 0.15) is 32.8 Å². The number of ether oxygens (including phenoxy) is 1. The summed E-state index contributed by atoms with van der Waals surface area (Å²) in [4.78, 5) is 4.41. The van der Waals surface area contributed by atoms with Crippen molar-refractivity contribution >= 4 is 11.0 Å². The molecule has 1 atom stereocenters. The summed E-state index contributed by atoms with van der Waals surface area (Å²) in [5, 5.41) is 9.58. The summed E-state index contributed by atoms with van der Waals surface area (Å²) in [6, 6.07) is 12.1. The molecule has 0 saturated heterocycles. The Kier molecular flexibility index (Phi) is 5.27. The lowest BCUT2D eigenvalue weighted by Crippen LogP contribution is -2.11. The first-order valence-electron chi connectivity index (χ1n) is 9.07. The highest BCUT2D eigenvalue weighted by Crippen LogP contribution is 2.31. The normalized spacial score (nSPS) is 12.3. The molecule has 0 aliphatic rings. The number of nitriles is 1. The zero-order valence-electron chi connectivity index (χ0n) is 15.9. The fraction of sp³-hybridized carbons (Fsp3) is 0.364. The van der Waals surface area contributed by atoms with Crippen LogP contribution in [0, 0.1) is 23.2 Å². The topological polar surface area (TPSA) is 50.8 Å². The highest BCUT2D eigenvalue weighted by atomic mass is 16.5. The van der Waals surface area contributed by atoms with Crippen LogP contribution in [0.5, 0.6) is 5.75 Å². The van der Waals surface area contributed by atoms with Gasteiger partial charge in [0, 0.05) is 25.0 Å². The molecule has 0 spiro atoms. The Balaban J connectivity index is 1.89. The Labute approximate surface area is 155 Å². The third-order valence-electron chi connectivity index (χ3n) is 4.57. The lowest BCUT2D eigenvalue weighted by atomic mass is 9.99. The maximum absolute atomic E-state index is 9.58. The summed E-state index contributed by atoms with van der Waals surface area (Å²) in [6.07, 6.45) is 4.92. The third-order valence-corrected chi connectivity index (χ3v) is 4.57. The molecule has 0 amide bonds. The van der Waals surface area contributed by atoms with Crippen LogP contribution >= 0.6 is 0 Å². The van der Waals surface area contributed by atoms with Crippen LogP contribution in [0.3, 0.4) is 0 Å². The van der Waals surface area contributed by atoms with Crippen LogP contribution in [-0.2, 0) is 7.05 Å². The van der Waals surface area contributed by atoms with Gasteiger partial charge < -0.3 is 9.30 Å². The van der Waals surface area contributed by atoms with Gasteiger partial charge in [0.2, 0.25) is 0 Å². The fourth-order valence-electron chi connectivity index (χ4n) is 3.47. The van der Waals surface area contributed by atoms with Gasteiger partial charge in [0.15, 0.2) is 0 Å². The average Bonchev–Trinajstić information content (AvgIpc) is 3.00. The van der Waals surface area contributed by atoms with Gasteiger partial charge in [-0.15, -0.1) is 0 Å². The molecule has 0 aliphatic carbocycles. The van der Waals surface area contributed by atoms with Gasteiger partial charge in [-0.2, -0.15) is 5.26 Å². The van der Waals surface area contributed by atoms with Crippen molar-refractivity contribution in [3.63, 3.8) is 0 Å². The Bertz CT molecular complexity index is 950. The predicted octanol–water partition coefficient (Wildman–Crippen LogP) is 5.17. The van der Waals surface area contributed by atoms with Crippen LogP contribution < -0.4 is 4.74 Å². The number of aromatic nitrogens is 2. The number of pyridine rings is 1. The van der Waals surface area contributed by atoms with E-state index >= 15 is 0 Å². The first-order valence-corrected chi connectivity index (χ1v) is 9.07. The summed E-state index contributed by atoms with van der Waals surface area (Å²) in [5.41, 5.74) is 4.65. The number of nitrogens with zero attached hydrogens (tertiary/aromatic N) is 3. The second-order valence-corrected chi connectivity index (χ2v) is 7.39. The lowest BCUT2D eigenvalue weighted by molar-refractivity contribution is 0.238. The van der Waals surface area contributed by atoms with Crippen molar-refractivity contribution in [1.82, 2.24) is 9.55 Å². The van der Waals surface area contributed by atoms with Crippen LogP contribution in [0.15, 0.2) is 42.7 Å². The van der Waals surface area contributed by atoms with Gasteiger partial charge in [-0.05, 0) is 48.1 Å². The minimum Gasteiger partial charge on any atom is -0.492 e. The van der Waals surface area contributed by atoms with Crippen molar-refractivity contribution in [3.8, 4) is 22.9 Å². The maximum Gasteiger partial charge on any atom is 0.137 e. The Hall–Kier alpha value is -2.80. The van der Waals surface area contributed by atoms with Crippen LogP contribution in [0.4, 0.5) is 0 Å². The molecule has 0 N–H and O–H groups in total. The molecule has 134 valence electrons. The van der Waals surface area contributed by atoms with Crippen molar-refractivity contribution in [3.05, 3.63) is 48.3 Å². The Morgan fingerprint density at radius 3 is 2.73 bits per heavy atom. The van der Waals surface area contributed by atoms with E-state index in [9.17, 15) is 5.26 Å². The van der Waals surface area contributed by atoms with E-state index in [1.807, 2.05) is 49.8 Å². The summed E-state index contributed by atoms with van der Waals surface area (Å²) in [6.45, 7) is 7.24. The van der Waals surface area contributed by atoms with E-state index in [0.29, 0.717) is 29.8 Å². The van der Waals surface area contributed by atoms with Crippen molar-refractivity contribution in [2.24, 2.45) is 18.9 Å². The van der Waals surface area contributed by atoms with Gasteiger partial charge in [0.05, 0.1) is 23.2 Å². The number of hydrogen-bond acceptors (Lipinski definition) is 3. The van der Waals surface area contributed by atoms with Gasteiger partial charge in [0.25, 0.3) is 0 Å². The molecule has 0 saturated carbocycles. The van der Waals surface area contributed by atoms with Gasteiger partial charge in [0.1, 0.15) is 11.8 Å². The van der Waals surface area contributed by atoms with Gasteiger partial charge in [-0.1, -0.05) is 26.8 Å². The second kappa shape index (κ2) is 7.61. The molecular formula is C22H25N3O. The Morgan fingerprint density at radius 1 is 1.19 bits per heavy atom. The molecular weight excluding hydrogens is 322 g/mol. The van der Waals surface area contributed by atoms with Crippen molar-refractivity contribution in [2.75, 3.05) is 6.61 Å². The molecule has 0 fully saturated rings. The average molecular weight is 347 g/mol. The minimum atomic E-state index is 0.462. The van der Waals surface area contributed by atoms with E-state index in [-0.39, 0.29) is 0 Å². The first kappa shape index (κ1) is 18.0. The zero-order chi connectivity index (χ0) is 18.7. The smallest absolute Gasteiger partial charge is 0.137 e. The molecule has 0 radical (unpaired) electrons. The van der Waals surface area contributed by atoms with E-state index < -0.39 is 0 Å². The Morgan fingerprint density at radius 2 is 2.00 bits per heavy atom. The molecule has 1 aromatic carbocycles. The van der Waals surface area contributed by atoms with Crippen molar-refractivity contribution in [1.29, 1.82) is 5.26 Å². The van der Waals surface area contributed by atoms with Crippen LogP contribution in [0.25, 0.3) is 22.2 Å². The first-order chi connectivity index (χ1) is 12.5. The predicted molar refractivity (Wildman–Crippen MR) is 105 cm³/mol. The van der Waals surface area contributed by atoms with Gasteiger partial charge in [-0.3, -0.25) is 4.98 Å². The molecule has 3 aromatic rings. The summed E-state index contributed by atoms with van der Waals surface area (Å²) in [5.74, 6) is 1.76. The molecule has 2 heterocycles. The number of rotatable bonds is 6. The van der Waals surface area contributed by atoms with E-state index in [1.54, 1.807) is 0 Å². The molecule has 3 rings (SSSR count). The van der Waals surface area contributed by atoms with E-state index in [0.717, 1.165) is 28.6 Å². The largest absolute Gasteiger partial charge is 0.492 e. The fourth-order valence-corrected chi connectivity index (χ4v) is 3.47. The van der Waals surface area contributed by atoms with Crippen molar-refractivity contribution in [2.45, 2.75) is 27.2 Å². The standard InChI is InChI=1S/C22H25N3O/c1-15(2)11-16(3)14-26-21-6-5-17(12-18(21)13-23)19-7-9-24-20-8-10-25(4)22(19)20/h5-10,12,15-16H,11,14H2,1-4H3/t16-/m1/s1. The van der Waals surface area contributed by atoms with Gasteiger partial charge in [-0.25, -0.2) is 0 Å². The number of benzene rings is 1. The van der Waals surface area contributed by atoms with Crippen molar-refractivity contribution < 1.29 is 4.74 Å². The highest BCUT2D eigenvalue weighted by molar-refractivity contribution is 5.92. The SMILES string of the molecule is CC(C)C[C@@H](C)COc1ccc(-c2ccnc3ccn(C)c23)cc1C#N. The molecule has 26 heavy (non-hydrogen) atoms. The third kappa shape index (κ3) is 3.72. The second-order valence-electron chi connectivity index (χ2n) is 7.39. The van der Waals surface area contributed by atoms with E-state index in [4.69, 9.17) is 4.74 Å². The number of fused-ring (bicyclic) bond motifs is 1. The summed E-state index contributed by atoms with van der Waals surface area (Å²) >= 11 is 0. The summed E-state index contributed by atoms with van der Waals surface area (Å²) < 4.78 is 7.99. The lowest BCUT2D eigenvalue weighted by Gasteiger charge is -2.16. The molecule has 4 nitrogen and oxygen atoms in total. The monoisotopic (exact) mass is 347 g/mol.